The molecule has 0 saturated heterocycles. The minimum absolute atomic E-state index is 0.0180. The second-order valence-corrected chi connectivity index (χ2v) is 6.40. The van der Waals surface area contributed by atoms with Crippen LogP contribution in [0.25, 0.3) is 0 Å². The minimum atomic E-state index is -3.75. The molecule has 1 aromatic rings. The lowest BCUT2D eigenvalue weighted by Crippen LogP contribution is -2.10. The van der Waals surface area contributed by atoms with Gasteiger partial charge in [0.15, 0.2) is 0 Å². The molecule has 0 spiro atoms. The topological polar surface area (TPSA) is 63.2 Å². The molecule has 7 heteroatoms. The number of amides is 1. The molecule has 1 aromatic carbocycles. The predicted molar refractivity (Wildman–Crippen MR) is 66.1 cm³/mol. The van der Waals surface area contributed by atoms with Crippen molar-refractivity contribution in [2.45, 2.75) is 18.2 Å². The monoisotopic (exact) mass is 325 g/mol. The highest BCUT2D eigenvalue weighted by molar-refractivity contribution is 9.10. The summed E-state index contributed by atoms with van der Waals surface area (Å²) in [6, 6.07) is 4.15. The molecule has 0 heterocycles. The van der Waals surface area contributed by atoms with Gasteiger partial charge in [0.25, 0.3) is 9.05 Å². The SMILES string of the molecule is CCC(=O)Nc1ccc(S(=O)(=O)Cl)cc1Br. The first-order valence-electron chi connectivity index (χ1n) is 4.38. The van der Waals surface area contributed by atoms with Crippen molar-refractivity contribution in [3.63, 3.8) is 0 Å². The van der Waals surface area contributed by atoms with E-state index in [0.29, 0.717) is 16.6 Å². The van der Waals surface area contributed by atoms with Crippen molar-refractivity contribution in [3.8, 4) is 0 Å². The van der Waals surface area contributed by atoms with Gasteiger partial charge in [-0.25, -0.2) is 8.42 Å². The Kier molecular flexibility index (Phi) is 4.35. The molecule has 0 fully saturated rings. The predicted octanol–water partition coefficient (Wildman–Crippen LogP) is 2.73. The average Bonchev–Trinajstić information content (AvgIpc) is 2.19. The van der Waals surface area contributed by atoms with E-state index < -0.39 is 9.05 Å². The van der Waals surface area contributed by atoms with Crippen LogP contribution in [-0.4, -0.2) is 14.3 Å². The van der Waals surface area contributed by atoms with Crippen molar-refractivity contribution in [3.05, 3.63) is 22.7 Å². The van der Waals surface area contributed by atoms with Gasteiger partial charge in [0.1, 0.15) is 0 Å². The molecule has 0 aliphatic heterocycles. The van der Waals surface area contributed by atoms with Crippen LogP contribution < -0.4 is 5.32 Å². The highest BCUT2D eigenvalue weighted by Gasteiger charge is 2.12. The van der Waals surface area contributed by atoms with E-state index in [9.17, 15) is 13.2 Å². The number of carbonyl (C=O) groups is 1. The second-order valence-electron chi connectivity index (χ2n) is 2.98. The molecule has 0 unspecified atom stereocenters. The average molecular weight is 327 g/mol. The standard InChI is InChI=1S/C9H9BrClNO3S/c1-2-9(13)12-8-4-3-6(5-7(8)10)16(11,14)15/h3-5H,2H2,1H3,(H,12,13). The van der Waals surface area contributed by atoms with Gasteiger partial charge in [0.05, 0.1) is 10.6 Å². The van der Waals surface area contributed by atoms with Gasteiger partial charge in [-0.3, -0.25) is 4.79 Å². The molecule has 4 nitrogen and oxygen atoms in total. The van der Waals surface area contributed by atoms with Crippen molar-refractivity contribution in [2.24, 2.45) is 0 Å². The van der Waals surface area contributed by atoms with Crippen LogP contribution in [-0.2, 0) is 13.8 Å². The summed E-state index contributed by atoms with van der Waals surface area (Å²) >= 11 is 3.16. The summed E-state index contributed by atoms with van der Waals surface area (Å²) in [6.45, 7) is 1.72. The van der Waals surface area contributed by atoms with Crippen LogP contribution in [0.2, 0.25) is 0 Å². The zero-order chi connectivity index (χ0) is 12.3. The van der Waals surface area contributed by atoms with Gasteiger partial charge < -0.3 is 5.32 Å². The smallest absolute Gasteiger partial charge is 0.261 e. The molecule has 0 aromatic heterocycles. The van der Waals surface area contributed by atoms with Gasteiger partial charge >= 0.3 is 0 Å². The van der Waals surface area contributed by atoms with E-state index in [-0.39, 0.29) is 10.8 Å². The molecule has 88 valence electrons. The summed E-state index contributed by atoms with van der Waals surface area (Å²) < 4.78 is 22.5. The van der Waals surface area contributed by atoms with Crippen molar-refractivity contribution >= 4 is 47.3 Å². The molecule has 0 bridgehead atoms. The van der Waals surface area contributed by atoms with Crippen LogP contribution in [0.4, 0.5) is 5.69 Å². The molecule has 0 aliphatic carbocycles. The highest BCUT2D eigenvalue weighted by atomic mass is 79.9. The largest absolute Gasteiger partial charge is 0.325 e. The van der Waals surface area contributed by atoms with Gasteiger partial charge in [-0.2, -0.15) is 0 Å². The molecule has 16 heavy (non-hydrogen) atoms. The third-order valence-electron chi connectivity index (χ3n) is 1.82. The maximum atomic E-state index is 11.1. The Bertz CT molecular complexity index is 515. The summed E-state index contributed by atoms with van der Waals surface area (Å²) in [5.74, 6) is -0.151. The summed E-state index contributed by atoms with van der Waals surface area (Å²) in [5, 5.41) is 2.61. The van der Waals surface area contributed by atoms with Gasteiger partial charge in [0.2, 0.25) is 5.91 Å². The Morgan fingerprint density at radius 3 is 2.56 bits per heavy atom. The normalized spacial score (nSPS) is 11.2. The molecule has 0 saturated carbocycles. The lowest BCUT2D eigenvalue weighted by atomic mass is 10.3. The van der Waals surface area contributed by atoms with Gasteiger partial charge in [0, 0.05) is 21.6 Å². The van der Waals surface area contributed by atoms with Crippen molar-refractivity contribution in [1.82, 2.24) is 0 Å². The zero-order valence-electron chi connectivity index (χ0n) is 8.33. The molecule has 1 amide bonds. The van der Waals surface area contributed by atoms with Crippen LogP contribution in [0, 0.1) is 0 Å². The second kappa shape index (κ2) is 5.16. The number of hydrogen-bond acceptors (Lipinski definition) is 3. The molecule has 0 radical (unpaired) electrons. The van der Waals surface area contributed by atoms with E-state index in [0.717, 1.165) is 0 Å². The maximum absolute atomic E-state index is 11.1. The van der Waals surface area contributed by atoms with E-state index in [4.69, 9.17) is 10.7 Å². The van der Waals surface area contributed by atoms with Crippen molar-refractivity contribution < 1.29 is 13.2 Å². The first-order valence-corrected chi connectivity index (χ1v) is 7.49. The number of carbonyl (C=O) groups excluding carboxylic acids is 1. The van der Waals surface area contributed by atoms with Crippen LogP contribution in [0.3, 0.4) is 0 Å². The van der Waals surface area contributed by atoms with Crippen LogP contribution in [0.1, 0.15) is 13.3 Å². The Labute approximate surface area is 107 Å². The Morgan fingerprint density at radius 1 is 1.50 bits per heavy atom. The first kappa shape index (κ1) is 13.5. The Morgan fingerprint density at radius 2 is 2.12 bits per heavy atom. The fourth-order valence-electron chi connectivity index (χ4n) is 0.987. The molecule has 0 atom stereocenters. The lowest BCUT2D eigenvalue weighted by molar-refractivity contribution is -0.115. The van der Waals surface area contributed by atoms with Gasteiger partial charge in [-0.05, 0) is 34.1 Å². The fraction of sp³-hybridized carbons (Fsp3) is 0.222. The summed E-state index contributed by atoms with van der Waals surface area (Å²) in [5.41, 5.74) is 0.510. The lowest BCUT2D eigenvalue weighted by Gasteiger charge is -2.06. The molecule has 0 aliphatic rings. The van der Waals surface area contributed by atoms with Crippen LogP contribution >= 0.6 is 26.6 Å². The van der Waals surface area contributed by atoms with Gasteiger partial charge in [-0.1, -0.05) is 6.92 Å². The highest BCUT2D eigenvalue weighted by Crippen LogP contribution is 2.27. The molecular weight excluding hydrogens is 318 g/mol. The van der Waals surface area contributed by atoms with E-state index in [1.54, 1.807) is 6.92 Å². The van der Waals surface area contributed by atoms with Crippen LogP contribution in [0.15, 0.2) is 27.6 Å². The third kappa shape index (κ3) is 3.47. The van der Waals surface area contributed by atoms with Gasteiger partial charge in [-0.15, -0.1) is 0 Å². The number of anilines is 1. The Hall–Kier alpha value is -0.590. The first-order chi connectivity index (χ1) is 7.34. The summed E-state index contributed by atoms with van der Waals surface area (Å²) in [6.07, 6.45) is 0.349. The van der Waals surface area contributed by atoms with Crippen molar-refractivity contribution in [2.75, 3.05) is 5.32 Å². The van der Waals surface area contributed by atoms with Crippen LogP contribution in [0.5, 0.6) is 0 Å². The van der Waals surface area contributed by atoms with E-state index in [1.807, 2.05) is 0 Å². The zero-order valence-corrected chi connectivity index (χ0v) is 11.5. The quantitative estimate of drug-likeness (QED) is 0.869. The number of hydrogen-bond donors (Lipinski definition) is 1. The molecule has 1 rings (SSSR count). The number of halogens is 2. The molecular formula is C9H9BrClNO3S. The van der Waals surface area contributed by atoms with E-state index in [1.165, 1.54) is 18.2 Å². The van der Waals surface area contributed by atoms with Crippen molar-refractivity contribution in [1.29, 1.82) is 0 Å². The summed E-state index contributed by atoms with van der Waals surface area (Å²) in [7, 11) is 1.43. The number of rotatable bonds is 3. The maximum Gasteiger partial charge on any atom is 0.261 e. The number of benzene rings is 1. The Balaban J connectivity index is 3.06. The summed E-state index contributed by atoms with van der Waals surface area (Å²) in [4.78, 5) is 11.1. The molecule has 1 N–H and O–H groups in total. The number of nitrogens with one attached hydrogen (secondary N) is 1. The third-order valence-corrected chi connectivity index (χ3v) is 3.82. The fourth-order valence-corrected chi connectivity index (χ4v) is 2.39. The van der Waals surface area contributed by atoms with E-state index in [2.05, 4.69) is 21.2 Å². The van der Waals surface area contributed by atoms with E-state index >= 15 is 0 Å². The minimum Gasteiger partial charge on any atom is -0.325 e.